The second-order valence-electron chi connectivity index (χ2n) is 4.71. The van der Waals surface area contributed by atoms with Crippen LogP contribution in [0.1, 0.15) is 17.7 Å². The van der Waals surface area contributed by atoms with Crippen molar-refractivity contribution in [3.63, 3.8) is 0 Å². The van der Waals surface area contributed by atoms with Gasteiger partial charge in [-0.1, -0.05) is 6.07 Å². The van der Waals surface area contributed by atoms with E-state index in [9.17, 15) is 8.42 Å². The SMILES string of the molecule is O=S(=O)(CCc1cccs1)NCC1CCCNC1. The summed E-state index contributed by atoms with van der Waals surface area (Å²) in [5.74, 6) is 0.628. The van der Waals surface area contributed by atoms with E-state index in [1.165, 1.54) is 0 Å². The second kappa shape index (κ2) is 6.65. The molecule has 1 aliphatic heterocycles. The highest BCUT2D eigenvalue weighted by Crippen LogP contribution is 2.11. The lowest BCUT2D eigenvalue weighted by Crippen LogP contribution is -2.38. The summed E-state index contributed by atoms with van der Waals surface area (Å²) in [5.41, 5.74) is 0. The van der Waals surface area contributed by atoms with Gasteiger partial charge in [0.1, 0.15) is 0 Å². The van der Waals surface area contributed by atoms with Crippen LogP contribution in [0, 0.1) is 5.92 Å². The second-order valence-corrected chi connectivity index (χ2v) is 7.67. The molecule has 18 heavy (non-hydrogen) atoms. The summed E-state index contributed by atoms with van der Waals surface area (Å²) in [7, 11) is -3.13. The Morgan fingerprint density at radius 1 is 1.50 bits per heavy atom. The van der Waals surface area contributed by atoms with Crippen molar-refractivity contribution in [2.24, 2.45) is 5.92 Å². The summed E-state index contributed by atoms with van der Waals surface area (Å²) in [5, 5.41) is 5.27. The van der Waals surface area contributed by atoms with Gasteiger partial charge in [0.05, 0.1) is 5.75 Å². The van der Waals surface area contributed by atoms with Crippen molar-refractivity contribution < 1.29 is 8.42 Å². The van der Waals surface area contributed by atoms with E-state index in [0.717, 1.165) is 30.8 Å². The summed E-state index contributed by atoms with van der Waals surface area (Å²) in [6.45, 7) is 2.55. The molecule has 4 nitrogen and oxygen atoms in total. The molecule has 0 amide bonds. The zero-order valence-corrected chi connectivity index (χ0v) is 12.0. The van der Waals surface area contributed by atoms with Crippen LogP contribution >= 0.6 is 11.3 Å². The van der Waals surface area contributed by atoms with Gasteiger partial charge in [-0.05, 0) is 49.7 Å². The molecule has 1 aliphatic rings. The Labute approximate surface area is 113 Å². The molecular weight excluding hydrogens is 268 g/mol. The van der Waals surface area contributed by atoms with Crippen LogP contribution < -0.4 is 10.0 Å². The largest absolute Gasteiger partial charge is 0.316 e. The molecule has 1 fully saturated rings. The number of rotatable bonds is 6. The number of hydrogen-bond acceptors (Lipinski definition) is 4. The number of thiophene rings is 1. The monoisotopic (exact) mass is 288 g/mol. The fourth-order valence-corrected chi connectivity index (χ4v) is 4.07. The fraction of sp³-hybridized carbons (Fsp3) is 0.667. The minimum atomic E-state index is -3.13. The summed E-state index contributed by atoms with van der Waals surface area (Å²) in [4.78, 5) is 1.12. The third-order valence-corrected chi connectivity index (χ3v) is 5.47. The Morgan fingerprint density at radius 2 is 2.39 bits per heavy atom. The van der Waals surface area contributed by atoms with Crippen LogP contribution in [0.3, 0.4) is 0 Å². The van der Waals surface area contributed by atoms with E-state index in [4.69, 9.17) is 0 Å². The molecule has 0 spiro atoms. The maximum absolute atomic E-state index is 11.8. The third-order valence-electron chi connectivity index (χ3n) is 3.19. The quantitative estimate of drug-likeness (QED) is 0.827. The Hall–Kier alpha value is -0.430. The smallest absolute Gasteiger partial charge is 0.211 e. The van der Waals surface area contributed by atoms with Gasteiger partial charge in [0, 0.05) is 11.4 Å². The van der Waals surface area contributed by atoms with E-state index in [2.05, 4.69) is 10.0 Å². The third kappa shape index (κ3) is 4.68. The lowest BCUT2D eigenvalue weighted by atomic mass is 10.0. The van der Waals surface area contributed by atoms with E-state index in [-0.39, 0.29) is 5.75 Å². The Kier molecular flexibility index (Phi) is 5.17. The van der Waals surface area contributed by atoms with Gasteiger partial charge in [0.2, 0.25) is 10.0 Å². The molecule has 102 valence electrons. The van der Waals surface area contributed by atoms with Crippen molar-refractivity contribution in [1.29, 1.82) is 0 Å². The summed E-state index contributed by atoms with van der Waals surface area (Å²) >= 11 is 1.61. The highest BCUT2D eigenvalue weighted by molar-refractivity contribution is 7.89. The first kappa shape index (κ1) is 14.0. The molecule has 1 unspecified atom stereocenters. The van der Waals surface area contributed by atoms with Crippen LogP contribution in [0.15, 0.2) is 17.5 Å². The maximum atomic E-state index is 11.8. The summed E-state index contributed by atoms with van der Waals surface area (Å²) < 4.78 is 26.4. The van der Waals surface area contributed by atoms with Crippen molar-refractivity contribution in [3.8, 4) is 0 Å². The first-order valence-corrected chi connectivity index (χ1v) is 8.89. The predicted octanol–water partition coefficient (Wildman–Crippen LogP) is 1.21. The molecule has 1 aromatic rings. The normalized spacial score (nSPS) is 21.0. The van der Waals surface area contributed by atoms with Crippen LogP contribution in [-0.2, 0) is 16.4 Å². The topological polar surface area (TPSA) is 58.2 Å². The van der Waals surface area contributed by atoms with E-state index in [1.54, 1.807) is 11.3 Å². The van der Waals surface area contributed by atoms with Crippen LogP contribution in [0.2, 0.25) is 0 Å². The van der Waals surface area contributed by atoms with Gasteiger partial charge in [-0.25, -0.2) is 13.1 Å². The summed E-state index contributed by atoms with van der Waals surface area (Å²) in [6.07, 6.45) is 2.86. The number of sulfonamides is 1. The van der Waals surface area contributed by atoms with Crippen molar-refractivity contribution in [1.82, 2.24) is 10.0 Å². The van der Waals surface area contributed by atoms with Crippen LogP contribution in [0.4, 0.5) is 0 Å². The van der Waals surface area contributed by atoms with Gasteiger partial charge in [0.25, 0.3) is 0 Å². The minimum Gasteiger partial charge on any atom is -0.316 e. The van der Waals surface area contributed by atoms with Crippen molar-refractivity contribution in [2.45, 2.75) is 19.3 Å². The van der Waals surface area contributed by atoms with Gasteiger partial charge in [-0.3, -0.25) is 0 Å². The fourth-order valence-electron chi connectivity index (χ4n) is 2.10. The first-order chi connectivity index (χ1) is 8.66. The number of aryl methyl sites for hydroxylation is 1. The van der Waals surface area contributed by atoms with Gasteiger partial charge >= 0.3 is 0 Å². The van der Waals surface area contributed by atoms with E-state index in [1.807, 2.05) is 17.5 Å². The van der Waals surface area contributed by atoms with Gasteiger partial charge in [-0.15, -0.1) is 11.3 Å². The van der Waals surface area contributed by atoms with Crippen molar-refractivity contribution >= 4 is 21.4 Å². The zero-order chi connectivity index (χ0) is 12.8. The number of piperidine rings is 1. The van der Waals surface area contributed by atoms with Gasteiger partial charge in [0.15, 0.2) is 0 Å². The highest BCUT2D eigenvalue weighted by atomic mass is 32.2. The highest BCUT2D eigenvalue weighted by Gasteiger charge is 2.16. The molecule has 1 atom stereocenters. The van der Waals surface area contributed by atoms with Gasteiger partial charge < -0.3 is 5.32 Å². The summed E-state index contributed by atoms with van der Waals surface area (Å²) in [6, 6.07) is 3.93. The Morgan fingerprint density at radius 3 is 3.06 bits per heavy atom. The average Bonchev–Trinajstić information content (AvgIpc) is 2.89. The lowest BCUT2D eigenvalue weighted by Gasteiger charge is -2.22. The van der Waals surface area contributed by atoms with Crippen LogP contribution in [0.25, 0.3) is 0 Å². The van der Waals surface area contributed by atoms with Crippen molar-refractivity contribution in [2.75, 3.05) is 25.4 Å². The maximum Gasteiger partial charge on any atom is 0.211 e. The predicted molar refractivity (Wildman–Crippen MR) is 75.4 cm³/mol. The molecule has 1 saturated heterocycles. The Balaban J connectivity index is 1.73. The van der Waals surface area contributed by atoms with Crippen LogP contribution in [0.5, 0.6) is 0 Å². The Bertz CT molecular complexity index is 437. The molecule has 0 aromatic carbocycles. The molecule has 0 bridgehead atoms. The molecule has 0 saturated carbocycles. The minimum absolute atomic E-state index is 0.188. The lowest BCUT2D eigenvalue weighted by molar-refractivity contribution is 0.376. The van der Waals surface area contributed by atoms with E-state index in [0.29, 0.717) is 18.9 Å². The molecule has 6 heteroatoms. The molecule has 0 aliphatic carbocycles. The average molecular weight is 288 g/mol. The molecule has 0 radical (unpaired) electrons. The van der Waals surface area contributed by atoms with E-state index >= 15 is 0 Å². The van der Waals surface area contributed by atoms with Crippen molar-refractivity contribution in [3.05, 3.63) is 22.4 Å². The van der Waals surface area contributed by atoms with E-state index < -0.39 is 10.0 Å². The first-order valence-electron chi connectivity index (χ1n) is 6.36. The molecule has 2 heterocycles. The van der Waals surface area contributed by atoms with Crippen LogP contribution in [-0.4, -0.2) is 33.8 Å². The zero-order valence-electron chi connectivity index (χ0n) is 10.4. The molecule has 2 N–H and O–H groups in total. The number of nitrogens with one attached hydrogen (secondary N) is 2. The molecule has 2 rings (SSSR count). The molecular formula is C12H20N2O2S2. The number of hydrogen-bond donors (Lipinski definition) is 2. The standard InChI is InChI=1S/C12H20N2O2S2/c15-18(16,8-5-12-4-2-7-17-12)14-10-11-3-1-6-13-9-11/h2,4,7,11,13-14H,1,3,5-6,8-10H2. The molecule has 1 aromatic heterocycles. The van der Waals surface area contributed by atoms with Gasteiger partial charge in [-0.2, -0.15) is 0 Å².